The number of nitrogens with zero attached hydrogens (tertiary/aromatic N) is 1. The Morgan fingerprint density at radius 3 is 3.00 bits per heavy atom. The van der Waals surface area contributed by atoms with E-state index in [9.17, 15) is 9.90 Å². The van der Waals surface area contributed by atoms with Crippen molar-refractivity contribution in [2.24, 2.45) is 0 Å². The molecule has 0 radical (unpaired) electrons. The number of hydrogen-bond acceptors (Lipinski definition) is 3. The van der Waals surface area contributed by atoms with Crippen LogP contribution >= 0.6 is 11.3 Å². The van der Waals surface area contributed by atoms with E-state index < -0.39 is 0 Å². The van der Waals surface area contributed by atoms with Crippen molar-refractivity contribution >= 4 is 17.2 Å². The van der Waals surface area contributed by atoms with Gasteiger partial charge in [0.25, 0.3) is 5.91 Å². The number of aryl methyl sites for hydroxylation is 1. The summed E-state index contributed by atoms with van der Waals surface area (Å²) in [6, 6.07) is 1.90. The Morgan fingerprint density at radius 2 is 2.50 bits per heavy atom. The Balaban J connectivity index is 2.09. The minimum Gasteiger partial charge on any atom is -0.391 e. The number of hydrogen-bond donors (Lipinski definition) is 1. The topological polar surface area (TPSA) is 40.5 Å². The van der Waals surface area contributed by atoms with Crippen LogP contribution in [0.25, 0.3) is 0 Å². The van der Waals surface area contributed by atoms with E-state index in [0.29, 0.717) is 19.5 Å². The van der Waals surface area contributed by atoms with Crippen LogP contribution in [0.5, 0.6) is 0 Å². The molecule has 2 rings (SSSR count). The Bertz CT molecular complexity index is 348. The summed E-state index contributed by atoms with van der Waals surface area (Å²) in [6.07, 6.45) is 0.369. The molecule has 1 aromatic rings. The number of rotatable bonds is 1. The fraction of sp³-hybridized carbons (Fsp3) is 0.500. The number of carbonyl (C=O) groups excluding carboxylic acids is 1. The lowest BCUT2D eigenvalue weighted by molar-refractivity contribution is 0.0765. The Kier molecular flexibility index (Phi) is 2.56. The first kappa shape index (κ1) is 9.68. The number of aliphatic hydroxyl groups is 1. The molecule has 1 atom stereocenters. The minimum atomic E-state index is -0.335. The molecule has 1 aromatic heterocycles. The van der Waals surface area contributed by atoms with E-state index in [1.807, 2.05) is 18.4 Å². The van der Waals surface area contributed by atoms with Gasteiger partial charge in [-0.3, -0.25) is 4.79 Å². The minimum absolute atomic E-state index is 0.0471. The summed E-state index contributed by atoms with van der Waals surface area (Å²) in [7, 11) is 0. The van der Waals surface area contributed by atoms with Gasteiger partial charge in [-0.05, 0) is 19.4 Å². The van der Waals surface area contributed by atoms with E-state index in [1.54, 1.807) is 16.2 Å². The van der Waals surface area contributed by atoms with Gasteiger partial charge in [0.2, 0.25) is 0 Å². The maximum absolute atomic E-state index is 11.8. The standard InChI is InChI=1S/C10H13NO2S/c1-7-4-8(6-14-7)10(13)11-3-2-9(12)5-11/h4,6,9,12H,2-3,5H2,1H3/t9-/m1/s1. The van der Waals surface area contributed by atoms with Crippen molar-refractivity contribution in [1.82, 2.24) is 4.90 Å². The molecule has 1 fully saturated rings. The molecule has 2 heterocycles. The summed E-state index contributed by atoms with van der Waals surface area (Å²) in [5.41, 5.74) is 0.751. The SMILES string of the molecule is Cc1cc(C(=O)N2CC[C@@H](O)C2)cs1. The average molecular weight is 211 g/mol. The van der Waals surface area contributed by atoms with E-state index in [2.05, 4.69) is 0 Å². The van der Waals surface area contributed by atoms with Gasteiger partial charge in [-0.1, -0.05) is 0 Å². The second-order valence-electron chi connectivity index (χ2n) is 3.64. The zero-order chi connectivity index (χ0) is 10.1. The molecule has 3 nitrogen and oxygen atoms in total. The molecule has 1 aliphatic heterocycles. The highest BCUT2D eigenvalue weighted by Crippen LogP contribution is 2.18. The van der Waals surface area contributed by atoms with E-state index in [-0.39, 0.29) is 12.0 Å². The monoisotopic (exact) mass is 211 g/mol. The van der Waals surface area contributed by atoms with Crippen molar-refractivity contribution in [3.05, 3.63) is 21.9 Å². The third-order valence-electron chi connectivity index (χ3n) is 2.43. The average Bonchev–Trinajstić information content (AvgIpc) is 2.73. The Labute approximate surface area is 87.0 Å². The Morgan fingerprint density at radius 1 is 1.71 bits per heavy atom. The predicted octanol–water partition coefficient (Wildman–Crippen LogP) is 1.26. The first-order valence-electron chi connectivity index (χ1n) is 4.69. The molecular formula is C10H13NO2S. The van der Waals surface area contributed by atoms with Crippen molar-refractivity contribution < 1.29 is 9.90 Å². The van der Waals surface area contributed by atoms with Crippen LogP contribution in [0.15, 0.2) is 11.4 Å². The molecule has 0 unspecified atom stereocenters. The van der Waals surface area contributed by atoms with Crippen molar-refractivity contribution in [2.75, 3.05) is 13.1 Å². The third-order valence-corrected chi connectivity index (χ3v) is 3.29. The highest BCUT2D eigenvalue weighted by Gasteiger charge is 2.25. The smallest absolute Gasteiger partial charge is 0.254 e. The number of likely N-dealkylation sites (tertiary alicyclic amines) is 1. The molecule has 0 spiro atoms. The zero-order valence-electron chi connectivity index (χ0n) is 8.06. The molecule has 14 heavy (non-hydrogen) atoms. The number of amides is 1. The van der Waals surface area contributed by atoms with Crippen molar-refractivity contribution in [3.63, 3.8) is 0 Å². The molecule has 4 heteroatoms. The summed E-state index contributed by atoms with van der Waals surface area (Å²) in [5.74, 6) is 0.0471. The van der Waals surface area contributed by atoms with E-state index in [4.69, 9.17) is 0 Å². The predicted molar refractivity (Wildman–Crippen MR) is 55.6 cm³/mol. The molecule has 1 aliphatic rings. The highest BCUT2D eigenvalue weighted by molar-refractivity contribution is 7.10. The Hall–Kier alpha value is -0.870. The van der Waals surface area contributed by atoms with E-state index >= 15 is 0 Å². The summed E-state index contributed by atoms with van der Waals surface area (Å²) in [5, 5.41) is 11.2. The molecule has 0 saturated carbocycles. The first-order chi connectivity index (χ1) is 6.66. The van der Waals surface area contributed by atoms with Gasteiger partial charge in [-0.25, -0.2) is 0 Å². The van der Waals surface area contributed by atoms with Crippen LogP contribution in [0.4, 0.5) is 0 Å². The van der Waals surface area contributed by atoms with Crippen LogP contribution in [0.2, 0.25) is 0 Å². The summed E-state index contributed by atoms with van der Waals surface area (Å²) >= 11 is 1.58. The van der Waals surface area contributed by atoms with Crippen LogP contribution in [0.1, 0.15) is 21.7 Å². The molecule has 0 aromatic carbocycles. The van der Waals surface area contributed by atoms with Crippen LogP contribution in [-0.2, 0) is 0 Å². The van der Waals surface area contributed by atoms with Crippen molar-refractivity contribution in [1.29, 1.82) is 0 Å². The number of carbonyl (C=O) groups is 1. The van der Waals surface area contributed by atoms with E-state index in [1.165, 1.54) is 0 Å². The van der Waals surface area contributed by atoms with Crippen LogP contribution in [0.3, 0.4) is 0 Å². The third kappa shape index (κ3) is 1.81. The van der Waals surface area contributed by atoms with Gasteiger partial charge in [0.05, 0.1) is 11.7 Å². The summed E-state index contributed by atoms with van der Waals surface area (Å²) in [4.78, 5) is 14.7. The van der Waals surface area contributed by atoms with Gasteiger partial charge >= 0.3 is 0 Å². The van der Waals surface area contributed by atoms with Crippen molar-refractivity contribution in [2.45, 2.75) is 19.4 Å². The largest absolute Gasteiger partial charge is 0.391 e. The van der Waals surface area contributed by atoms with Gasteiger partial charge in [0.15, 0.2) is 0 Å². The molecular weight excluding hydrogens is 198 g/mol. The lowest BCUT2D eigenvalue weighted by Gasteiger charge is -2.13. The lowest BCUT2D eigenvalue weighted by atomic mass is 10.3. The van der Waals surface area contributed by atoms with Gasteiger partial charge in [0, 0.05) is 23.3 Å². The molecule has 1 N–H and O–H groups in total. The van der Waals surface area contributed by atoms with Crippen LogP contribution < -0.4 is 0 Å². The number of β-amino-alcohol motifs (C(OH)–C–C–N with tert-alkyl or cyclic N) is 1. The second kappa shape index (κ2) is 3.71. The summed E-state index contributed by atoms with van der Waals surface area (Å²) < 4.78 is 0. The second-order valence-corrected chi connectivity index (χ2v) is 4.76. The van der Waals surface area contributed by atoms with Gasteiger partial charge < -0.3 is 10.0 Å². The van der Waals surface area contributed by atoms with Gasteiger partial charge in [-0.15, -0.1) is 11.3 Å². The maximum atomic E-state index is 11.8. The fourth-order valence-corrected chi connectivity index (χ4v) is 2.34. The molecule has 1 saturated heterocycles. The molecule has 0 aliphatic carbocycles. The molecule has 0 bridgehead atoms. The normalized spacial score (nSPS) is 21.6. The van der Waals surface area contributed by atoms with Crippen LogP contribution in [-0.4, -0.2) is 35.1 Å². The molecule has 1 amide bonds. The maximum Gasteiger partial charge on any atom is 0.254 e. The number of aliphatic hydroxyl groups excluding tert-OH is 1. The first-order valence-corrected chi connectivity index (χ1v) is 5.57. The van der Waals surface area contributed by atoms with Crippen molar-refractivity contribution in [3.8, 4) is 0 Å². The van der Waals surface area contributed by atoms with Gasteiger partial charge in [-0.2, -0.15) is 0 Å². The number of thiophene rings is 1. The highest BCUT2D eigenvalue weighted by atomic mass is 32.1. The van der Waals surface area contributed by atoms with Gasteiger partial charge in [0.1, 0.15) is 0 Å². The quantitative estimate of drug-likeness (QED) is 0.759. The lowest BCUT2D eigenvalue weighted by Crippen LogP contribution is -2.29. The summed E-state index contributed by atoms with van der Waals surface area (Å²) in [6.45, 7) is 3.14. The van der Waals surface area contributed by atoms with Crippen LogP contribution in [0, 0.1) is 6.92 Å². The van der Waals surface area contributed by atoms with E-state index in [0.717, 1.165) is 10.4 Å². The zero-order valence-corrected chi connectivity index (χ0v) is 8.88. The molecule has 76 valence electrons. The fourth-order valence-electron chi connectivity index (χ4n) is 1.66.